The first-order valence-electron chi connectivity index (χ1n) is 6.13. The van der Waals surface area contributed by atoms with Crippen molar-refractivity contribution in [2.45, 2.75) is 51.5 Å². The van der Waals surface area contributed by atoms with E-state index >= 15 is 0 Å². The second-order valence-electron chi connectivity index (χ2n) is 4.07. The summed E-state index contributed by atoms with van der Waals surface area (Å²) in [5, 5.41) is 11.7. The van der Waals surface area contributed by atoms with Crippen molar-refractivity contribution in [1.29, 1.82) is 0 Å². The fourth-order valence-corrected chi connectivity index (χ4v) is 1.53. The molecular formula is C12H25NO3. The van der Waals surface area contributed by atoms with Gasteiger partial charge in [-0.25, -0.2) is 0 Å². The van der Waals surface area contributed by atoms with E-state index in [1.54, 1.807) is 7.11 Å². The third kappa shape index (κ3) is 8.68. The topological polar surface area (TPSA) is 58.6 Å². The fraction of sp³-hybridized carbons (Fsp3) is 0.917. The Morgan fingerprint density at radius 2 is 2.00 bits per heavy atom. The Hall–Kier alpha value is -0.610. The van der Waals surface area contributed by atoms with Crippen LogP contribution in [0.2, 0.25) is 0 Å². The largest absolute Gasteiger partial charge is 0.394 e. The Morgan fingerprint density at radius 3 is 2.56 bits per heavy atom. The molecule has 1 unspecified atom stereocenters. The predicted molar refractivity (Wildman–Crippen MR) is 64.3 cm³/mol. The number of hydrogen-bond donors (Lipinski definition) is 2. The van der Waals surface area contributed by atoms with E-state index in [1.165, 1.54) is 19.3 Å². The summed E-state index contributed by atoms with van der Waals surface area (Å²) in [6.07, 6.45) is 6.23. The molecule has 16 heavy (non-hydrogen) atoms. The summed E-state index contributed by atoms with van der Waals surface area (Å²) in [5.74, 6) is 0.00704. The quantitative estimate of drug-likeness (QED) is 0.560. The van der Waals surface area contributed by atoms with Gasteiger partial charge in [0.2, 0.25) is 5.91 Å². The molecule has 2 N–H and O–H groups in total. The van der Waals surface area contributed by atoms with Crippen LogP contribution in [-0.4, -0.2) is 37.4 Å². The van der Waals surface area contributed by atoms with E-state index in [2.05, 4.69) is 12.2 Å². The molecule has 0 saturated carbocycles. The van der Waals surface area contributed by atoms with Crippen LogP contribution in [0.15, 0.2) is 0 Å². The molecule has 4 nitrogen and oxygen atoms in total. The Labute approximate surface area is 98.4 Å². The van der Waals surface area contributed by atoms with Crippen LogP contribution in [0.3, 0.4) is 0 Å². The number of carbonyl (C=O) groups excluding carboxylic acids is 1. The summed E-state index contributed by atoms with van der Waals surface area (Å²) in [6.45, 7) is 2.46. The van der Waals surface area contributed by atoms with E-state index in [-0.39, 0.29) is 18.6 Å². The Kier molecular flexibility index (Phi) is 10.5. The minimum atomic E-state index is -0.270. The average Bonchev–Trinajstić information content (AvgIpc) is 2.28. The van der Waals surface area contributed by atoms with Gasteiger partial charge in [-0.1, -0.05) is 32.6 Å². The molecule has 0 fully saturated rings. The zero-order valence-electron chi connectivity index (χ0n) is 10.5. The molecule has 0 heterocycles. The van der Waals surface area contributed by atoms with E-state index in [4.69, 9.17) is 9.84 Å². The van der Waals surface area contributed by atoms with Gasteiger partial charge in [0.1, 0.15) is 0 Å². The van der Waals surface area contributed by atoms with E-state index in [9.17, 15) is 4.79 Å². The molecular weight excluding hydrogens is 206 g/mol. The predicted octanol–water partition coefficient (Wildman–Crippen LogP) is 1.47. The third-order valence-corrected chi connectivity index (χ3v) is 2.46. The van der Waals surface area contributed by atoms with Crippen LogP contribution in [0.5, 0.6) is 0 Å². The molecule has 96 valence electrons. The molecule has 1 amide bonds. The number of rotatable bonds is 10. The highest BCUT2D eigenvalue weighted by molar-refractivity contribution is 5.76. The Balaban J connectivity index is 3.48. The maximum atomic E-state index is 11.4. The highest BCUT2D eigenvalue weighted by Gasteiger charge is 2.10. The number of amides is 1. The molecule has 0 bridgehead atoms. The number of carbonyl (C=O) groups is 1. The molecule has 0 aliphatic rings. The first-order valence-corrected chi connectivity index (χ1v) is 6.13. The van der Waals surface area contributed by atoms with Crippen LogP contribution in [-0.2, 0) is 9.53 Å². The molecule has 4 heteroatoms. The number of nitrogens with one attached hydrogen (secondary N) is 1. The van der Waals surface area contributed by atoms with Crippen molar-refractivity contribution in [2.24, 2.45) is 0 Å². The van der Waals surface area contributed by atoms with Gasteiger partial charge in [-0.15, -0.1) is 0 Å². The van der Waals surface area contributed by atoms with Crippen molar-refractivity contribution >= 4 is 5.91 Å². The second kappa shape index (κ2) is 10.9. The first kappa shape index (κ1) is 15.4. The summed E-state index contributed by atoms with van der Waals surface area (Å²) in [5.41, 5.74) is 0. The monoisotopic (exact) mass is 231 g/mol. The number of unbranched alkanes of at least 4 members (excludes halogenated alkanes) is 4. The van der Waals surface area contributed by atoms with Gasteiger partial charge in [0.25, 0.3) is 0 Å². The lowest BCUT2D eigenvalue weighted by Crippen LogP contribution is -2.40. The van der Waals surface area contributed by atoms with E-state index in [0.29, 0.717) is 13.0 Å². The van der Waals surface area contributed by atoms with E-state index in [0.717, 1.165) is 12.8 Å². The molecule has 0 saturated heterocycles. The highest BCUT2D eigenvalue weighted by Crippen LogP contribution is 2.04. The summed E-state index contributed by atoms with van der Waals surface area (Å²) >= 11 is 0. The summed E-state index contributed by atoms with van der Waals surface area (Å²) in [7, 11) is 1.56. The molecule has 0 aromatic heterocycles. The normalized spacial score (nSPS) is 12.4. The van der Waals surface area contributed by atoms with Crippen LogP contribution in [0, 0.1) is 0 Å². The minimum absolute atomic E-state index is 0.00704. The number of aliphatic hydroxyl groups is 1. The zero-order chi connectivity index (χ0) is 12.2. The lowest BCUT2D eigenvalue weighted by Gasteiger charge is -2.14. The third-order valence-electron chi connectivity index (χ3n) is 2.46. The Bertz CT molecular complexity index is 174. The van der Waals surface area contributed by atoms with Gasteiger partial charge in [0.15, 0.2) is 0 Å². The van der Waals surface area contributed by atoms with Gasteiger partial charge in [-0.05, 0) is 6.42 Å². The molecule has 1 atom stereocenters. The summed E-state index contributed by atoms with van der Waals surface area (Å²) < 4.78 is 4.88. The van der Waals surface area contributed by atoms with Gasteiger partial charge >= 0.3 is 0 Å². The Morgan fingerprint density at radius 1 is 1.31 bits per heavy atom. The van der Waals surface area contributed by atoms with Crippen LogP contribution in [0.1, 0.15) is 45.4 Å². The van der Waals surface area contributed by atoms with Crippen molar-refractivity contribution < 1.29 is 14.6 Å². The summed E-state index contributed by atoms with van der Waals surface area (Å²) in [6, 6.07) is -0.270. The van der Waals surface area contributed by atoms with Crippen LogP contribution >= 0.6 is 0 Å². The maximum Gasteiger partial charge on any atom is 0.220 e. The molecule has 0 aliphatic heterocycles. The van der Waals surface area contributed by atoms with Gasteiger partial charge in [0, 0.05) is 13.5 Å². The van der Waals surface area contributed by atoms with Crippen LogP contribution in [0.25, 0.3) is 0 Å². The SMILES string of the molecule is CCCCCCCC(=O)NC(CO)COC. The number of ether oxygens (including phenoxy) is 1. The van der Waals surface area contributed by atoms with Gasteiger partial charge < -0.3 is 15.2 Å². The molecule has 0 aromatic rings. The number of hydrogen-bond acceptors (Lipinski definition) is 3. The zero-order valence-corrected chi connectivity index (χ0v) is 10.5. The average molecular weight is 231 g/mol. The van der Waals surface area contributed by atoms with Crippen molar-refractivity contribution in [3.05, 3.63) is 0 Å². The van der Waals surface area contributed by atoms with Crippen molar-refractivity contribution in [1.82, 2.24) is 5.32 Å². The molecule has 0 aliphatic carbocycles. The second-order valence-corrected chi connectivity index (χ2v) is 4.07. The lowest BCUT2D eigenvalue weighted by molar-refractivity contribution is -0.122. The van der Waals surface area contributed by atoms with Crippen molar-refractivity contribution in [3.63, 3.8) is 0 Å². The van der Waals surface area contributed by atoms with Crippen molar-refractivity contribution in [3.8, 4) is 0 Å². The standard InChI is InChI=1S/C12H25NO3/c1-3-4-5-6-7-8-12(15)13-11(9-14)10-16-2/h11,14H,3-10H2,1-2H3,(H,13,15). The van der Waals surface area contributed by atoms with Crippen molar-refractivity contribution in [2.75, 3.05) is 20.3 Å². The number of methoxy groups -OCH3 is 1. The van der Waals surface area contributed by atoms with Crippen LogP contribution < -0.4 is 5.32 Å². The highest BCUT2D eigenvalue weighted by atomic mass is 16.5. The van der Waals surface area contributed by atoms with E-state index < -0.39 is 0 Å². The smallest absolute Gasteiger partial charge is 0.220 e. The number of aliphatic hydroxyl groups excluding tert-OH is 1. The summed E-state index contributed by atoms with van der Waals surface area (Å²) in [4.78, 5) is 11.4. The maximum absolute atomic E-state index is 11.4. The molecule has 0 radical (unpaired) electrons. The van der Waals surface area contributed by atoms with Gasteiger partial charge in [-0.2, -0.15) is 0 Å². The molecule has 0 rings (SSSR count). The van der Waals surface area contributed by atoms with Crippen LogP contribution in [0.4, 0.5) is 0 Å². The minimum Gasteiger partial charge on any atom is -0.394 e. The van der Waals surface area contributed by atoms with Gasteiger partial charge in [-0.3, -0.25) is 4.79 Å². The lowest BCUT2D eigenvalue weighted by atomic mass is 10.1. The van der Waals surface area contributed by atoms with Gasteiger partial charge in [0.05, 0.1) is 19.3 Å². The fourth-order valence-electron chi connectivity index (χ4n) is 1.53. The molecule has 0 spiro atoms. The first-order chi connectivity index (χ1) is 7.74. The molecule has 0 aromatic carbocycles. The van der Waals surface area contributed by atoms with E-state index in [1.807, 2.05) is 0 Å².